The van der Waals surface area contributed by atoms with Gasteiger partial charge in [0.25, 0.3) is 0 Å². The lowest BCUT2D eigenvalue weighted by Gasteiger charge is -2.21. The smallest absolute Gasteiger partial charge is 0.306 e. The first-order valence-electron chi connectivity index (χ1n) is 9.69. The largest absolute Gasteiger partial charge is 0.481 e. The summed E-state index contributed by atoms with van der Waals surface area (Å²) in [6.45, 7) is 0. The highest BCUT2D eigenvalue weighted by Crippen LogP contribution is 2.32. The van der Waals surface area contributed by atoms with Crippen LogP contribution in [0.4, 0.5) is 5.69 Å². The standard InChI is InChI=1S/C20H27NO5S/c22-19(15-9-10-16(12-15)20(23)24)21-17-6-4-5-14(11-17)13-27(25,26)18-7-2-1-3-8-18/h4-6,11,15-16,18H,1-3,7-10,12-13H2,(H,21,22)(H,23,24)/t15-,16+/m0/s1. The molecule has 2 atom stereocenters. The van der Waals surface area contributed by atoms with E-state index >= 15 is 0 Å². The summed E-state index contributed by atoms with van der Waals surface area (Å²) in [5.41, 5.74) is 1.24. The summed E-state index contributed by atoms with van der Waals surface area (Å²) in [5.74, 6) is -1.80. The number of amides is 1. The number of benzene rings is 1. The van der Waals surface area contributed by atoms with Gasteiger partial charge in [0.1, 0.15) is 0 Å². The fraction of sp³-hybridized carbons (Fsp3) is 0.600. The number of hydrogen-bond donors (Lipinski definition) is 2. The molecule has 2 aliphatic rings. The van der Waals surface area contributed by atoms with Crippen molar-refractivity contribution in [1.29, 1.82) is 0 Å². The summed E-state index contributed by atoms with van der Waals surface area (Å²) in [7, 11) is -3.19. The van der Waals surface area contributed by atoms with Crippen molar-refractivity contribution in [2.45, 2.75) is 62.4 Å². The van der Waals surface area contributed by atoms with Gasteiger partial charge in [-0.15, -0.1) is 0 Å². The first-order valence-corrected chi connectivity index (χ1v) is 11.4. The molecule has 7 heteroatoms. The average Bonchev–Trinajstić information content (AvgIpc) is 3.13. The van der Waals surface area contributed by atoms with Crippen molar-refractivity contribution in [3.8, 4) is 0 Å². The highest BCUT2D eigenvalue weighted by molar-refractivity contribution is 7.91. The molecule has 6 nitrogen and oxygen atoms in total. The van der Waals surface area contributed by atoms with Gasteiger partial charge in [0.15, 0.2) is 9.84 Å². The van der Waals surface area contributed by atoms with E-state index in [2.05, 4.69) is 5.32 Å². The van der Waals surface area contributed by atoms with Crippen molar-refractivity contribution in [2.75, 3.05) is 5.32 Å². The molecule has 0 spiro atoms. The van der Waals surface area contributed by atoms with E-state index in [1.54, 1.807) is 24.3 Å². The first-order chi connectivity index (χ1) is 12.8. The van der Waals surface area contributed by atoms with E-state index in [-0.39, 0.29) is 22.8 Å². The molecule has 0 radical (unpaired) electrons. The van der Waals surface area contributed by atoms with Gasteiger partial charge >= 0.3 is 5.97 Å². The van der Waals surface area contributed by atoms with Crippen LogP contribution >= 0.6 is 0 Å². The van der Waals surface area contributed by atoms with Crippen LogP contribution in [-0.4, -0.2) is 30.7 Å². The van der Waals surface area contributed by atoms with Crippen molar-refractivity contribution < 1.29 is 23.1 Å². The van der Waals surface area contributed by atoms with Crippen LogP contribution in [0.5, 0.6) is 0 Å². The summed E-state index contributed by atoms with van der Waals surface area (Å²) in [6.07, 6.45) is 5.98. The molecule has 2 saturated carbocycles. The Balaban J connectivity index is 1.62. The fourth-order valence-corrected chi connectivity index (χ4v) is 6.13. The summed E-state index contributed by atoms with van der Waals surface area (Å²) in [5, 5.41) is 11.6. The van der Waals surface area contributed by atoms with Gasteiger partial charge in [-0.2, -0.15) is 0 Å². The Bertz CT molecular complexity index is 798. The first kappa shape index (κ1) is 19.9. The Morgan fingerprint density at radius 1 is 1.04 bits per heavy atom. The minimum Gasteiger partial charge on any atom is -0.481 e. The normalized spacial score (nSPS) is 23.9. The predicted octanol–water partition coefficient (Wildman–Crippen LogP) is 3.37. The Kier molecular flexibility index (Phi) is 6.19. The van der Waals surface area contributed by atoms with E-state index < -0.39 is 21.7 Å². The minimum absolute atomic E-state index is 0.00804. The van der Waals surface area contributed by atoms with E-state index in [0.29, 0.717) is 30.5 Å². The Morgan fingerprint density at radius 3 is 2.41 bits per heavy atom. The molecule has 2 aliphatic carbocycles. The van der Waals surface area contributed by atoms with Crippen molar-refractivity contribution in [2.24, 2.45) is 11.8 Å². The number of carbonyl (C=O) groups excluding carboxylic acids is 1. The number of anilines is 1. The second-order valence-corrected chi connectivity index (χ2v) is 10.1. The molecule has 2 fully saturated rings. The molecule has 1 amide bonds. The molecular weight excluding hydrogens is 366 g/mol. The summed E-state index contributed by atoms with van der Waals surface area (Å²) >= 11 is 0. The van der Waals surface area contributed by atoms with Crippen LogP contribution in [0.3, 0.4) is 0 Å². The molecule has 0 saturated heterocycles. The van der Waals surface area contributed by atoms with E-state index in [9.17, 15) is 18.0 Å². The lowest BCUT2D eigenvalue weighted by molar-refractivity contribution is -0.141. The number of rotatable bonds is 6. The topological polar surface area (TPSA) is 101 Å². The monoisotopic (exact) mass is 393 g/mol. The number of carboxylic acids is 1. The van der Waals surface area contributed by atoms with Crippen LogP contribution in [0.25, 0.3) is 0 Å². The van der Waals surface area contributed by atoms with Crippen molar-refractivity contribution in [1.82, 2.24) is 0 Å². The Morgan fingerprint density at radius 2 is 1.74 bits per heavy atom. The lowest BCUT2D eigenvalue weighted by Crippen LogP contribution is -2.25. The maximum Gasteiger partial charge on any atom is 0.306 e. The number of hydrogen-bond acceptors (Lipinski definition) is 4. The highest BCUT2D eigenvalue weighted by Gasteiger charge is 2.34. The molecule has 1 aromatic rings. The summed E-state index contributed by atoms with van der Waals surface area (Å²) in [6, 6.07) is 6.96. The second kappa shape index (κ2) is 8.42. The van der Waals surface area contributed by atoms with Gasteiger partial charge in [-0.1, -0.05) is 31.4 Å². The molecule has 0 heterocycles. The number of sulfone groups is 1. The summed E-state index contributed by atoms with van der Waals surface area (Å²) < 4.78 is 25.3. The quantitative estimate of drug-likeness (QED) is 0.772. The molecular formula is C20H27NO5S. The van der Waals surface area contributed by atoms with Gasteiger partial charge in [-0.05, 0) is 49.8 Å². The zero-order valence-corrected chi connectivity index (χ0v) is 16.2. The van der Waals surface area contributed by atoms with Crippen LogP contribution in [0.2, 0.25) is 0 Å². The molecule has 0 aromatic heterocycles. The molecule has 2 N–H and O–H groups in total. The van der Waals surface area contributed by atoms with Crippen molar-refractivity contribution in [3.05, 3.63) is 29.8 Å². The zero-order valence-electron chi connectivity index (χ0n) is 15.4. The van der Waals surface area contributed by atoms with E-state index in [1.165, 1.54) is 0 Å². The van der Waals surface area contributed by atoms with E-state index in [1.807, 2.05) is 0 Å². The second-order valence-electron chi connectivity index (χ2n) is 7.80. The third-order valence-corrected chi connectivity index (χ3v) is 8.00. The van der Waals surface area contributed by atoms with Gasteiger partial charge in [-0.25, -0.2) is 8.42 Å². The van der Waals surface area contributed by atoms with E-state index in [4.69, 9.17) is 5.11 Å². The van der Waals surface area contributed by atoms with Crippen LogP contribution in [0.15, 0.2) is 24.3 Å². The van der Waals surface area contributed by atoms with Gasteiger partial charge < -0.3 is 10.4 Å². The van der Waals surface area contributed by atoms with Gasteiger partial charge in [0, 0.05) is 11.6 Å². The zero-order chi connectivity index (χ0) is 19.4. The molecule has 27 heavy (non-hydrogen) atoms. The van der Waals surface area contributed by atoms with Crippen molar-refractivity contribution in [3.63, 3.8) is 0 Å². The lowest BCUT2D eigenvalue weighted by atomic mass is 10.0. The molecule has 1 aromatic carbocycles. The predicted molar refractivity (Wildman–Crippen MR) is 103 cm³/mol. The fourth-order valence-electron chi connectivity index (χ4n) is 4.20. The van der Waals surface area contributed by atoms with Crippen LogP contribution < -0.4 is 5.32 Å². The number of carboxylic acid groups (broad SMARTS) is 1. The molecule has 0 bridgehead atoms. The molecule has 3 rings (SSSR count). The summed E-state index contributed by atoms with van der Waals surface area (Å²) in [4.78, 5) is 23.5. The van der Waals surface area contributed by atoms with Gasteiger partial charge in [-0.3, -0.25) is 9.59 Å². The number of aliphatic carboxylic acids is 1. The number of nitrogens with one attached hydrogen (secondary N) is 1. The maximum absolute atomic E-state index is 12.7. The average molecular weight is 394 g/mol. The molecule has 0 aliphatic heterocycles. The maximum atomic E-state index is 12.7. The Labute approximate surface area is 160 Å². The van der Waals surface area contributed by atoms with Crippen LogP contribution in [0.1, 0.15) is 56.9 Å². The molecule has 0 unspecified atom stereocenters. The highest BCUT2D eigenvalue weighted by atomic mass is 32.2. The van der Waals surface area contributed by atoms with Crippen molar-refractivity contribution >= 4 is 27.4 Å². The van der Waals surface area contributed by atoms with E-state index in [0.717, 1.165) is 32.1 Å². The Hall–Kier alpha value is -1.89. The third-order valence-electron chi connectivity index (χ3n) is 5.78. The van der Waals surface area contributed by atoms with Crippen LogP contribution in [0, 0.1) is 11.8 Å². The van der Waals surface area contributed by atoms with Gasteiger partial charge in [0.05, 0.1) is 16.9 Å². The minimum atomic E-state index is -3.19. The third kappa shape index (κ3) is 5.09. The number of carbonyl (C=O) groups is 2. The van der Waals surface area contributed by atoms with Gasteiger partial charge in [0.2, 0.25) is 5.91 Å². The molecule has 148 valence electrons. The SMILES string of the molecule is O=C(O)[C@@H]1CC[C@H](C(=O)Nc2cccc(CS(=O)(=O)C3CCCCC3)c2)C1. The van der Waals surface area contributed by atoms with Crippen LogP contribution in [-0.2, 0) is 25.2 Å².